The highest BCUT2D eigenvalue weighted by atomic mass is 79.9. The number of nitrogens with two attached hydrogens (primary N) is 1. The predicted octanol–water partition coefficient (Wildman–Crippen LogP) is 3.49. The van der Waals surface area contributed by atoms with Crippen molar-refractivity contribution in [3.8, 4) is 0 Å². The van der Waals surface area contributed by atoms with Crippen molar-refractivity contribution in [1.82, 2.24) is 4.98 Å². The van der Waals surface area contributed by atoms with Crippen molar-refractivity contribution in [2.45, 2.75) is 6.92 Å². The maximum atomic E-state index is 13.5. The summed E-state index contributed by atoms with van der Waals surface area (Å²) >= 11 is 3.07. The summed E-state index contributed by atoms with van der Waals surface area (Å²) in [5.74, 6) is -0.713. The molecule has 0 saturated carbocycles. The number of nitrogens with zero attached hydrogens (tertiary/aromatic N) is 1. The summed E-state index contributed by atoms with van der Waals surface area (Å²) in [5, 5.41) is 2.88. The van der Waals surface area contributed by atoms with E-state index in [9.17, 15) is 9.18 Å². The van der Waals surface area contributed by atoms with Gasteiger partial charge < -0.3 is 15.8 Å². The van der Waals surface area contributed by atoms with E-state index >= 15 is 0 Å². The van der Waals surface area contributed by atoms with Crippen molar-refractivity contribution in [3.63, 3.8) is 0 Å². The molecule has 5 nitrogen and oxygen atoms in total. The van der Waals surface area contributed by atoms with E-state index < -0.39 is 11.8 Å². The average molecular weight is 354 g/mol. The van der Waals surface area contributed by atoms with Gasteiger partial charge >= 0.3 is 5.97 Å². The number of nitrogen functional groups attached to an aromatic ring is 1. The second-order valence-electron chi connectivity index (χ2n) is 4.14. The largest absolute Gasteiger partial charge is 0.462 e. The van der Waals surface area contributed by atoms with Gasteiger partial charge in [0.05, 0.1) is 23.0 Å². The van der Waals surface area contributed by atoms with Crippen molar-refractivity contribution >= 4 is 39.1 Å². The van der Waals surface area contributed by atoms with Crippen LogP contribution in [0.15, 0.2) is 34.9 Å². The molecule has 0 aliphatic carbocycles. The highest BCUT2D eigenvalue weighted by Crippen LogP contribution is 2.24. The molecule has 1 heterocycles. The van der Waals surface area contributed by atoms with Gasteiger partial charge in [-0.25, -0.2) is 14.2 Å². The molecule has 0 aliphatic rings. The van der Waals surface area contributed by atoms with E-state index in [-0.39, 0.29) is 18.0 Å². The number of ether oxygens (including phenoxy) is 1. The van der Waals surface area contributed by atoms with E-state index in [1.165, 1.54) is 18.3 Å². The van der Waals surface area contributed by atoms with E-state index in [4.69, 9.17) is 10.5 Å². The lowest BCUT2D eigenvalue weighted by atomic mass is 10.2. The Morgan fingerprint density at radius 1 is 1.48 bits per heavy atom. The molecule has 0 spiro atoms. The number of aromatic nitrogens is 1. The van der Waals surface area contributed by atoms with Gasteiger partial charge in [-0.1, -0.05) is 0 Å². The molecule has 0 amide bonds. The molecule has 0 saturated heterocycles. The van der Waals surface area contributed by atoms with E-state index in [1.54, 1.807) is 19.1 Å². The number of benzene rings is 1. The van der Waals surface area contributed by atoms with E-state index in [0.29, 0.717) is 15.8 Å². The Bertz CT molecular complexity index is 679. The Kier molecular flexibility index (Phi) is 4.74. The van der Waals surface area contributed by atoms with E-state index in [1.807, 2.05) is 0 Å². The topological polar surface area (TPSA) is 77.2 Å². The molecule has 0 unspecified atom stereocenters. The lowest BCUT2D eigenvalue weighted by molar-refractivity contribution is 0.0527. The molecule has 2 rings (SSSR count). The third-order valence-corrected chi connectivity index (χ3v) is 3.23. The third-order valence-electron chi connectivity index (χ3n) is 2.59. The van der Waals surface area contributed by atoms with Gasteiger partial charge in [0.15, 0.2) is 0 Å². The molecule has 0 radical (unpaired) electrons. The maximum absolute atomic E-state index is 13.5. The zero-order valence-corrected chi connectivity index (χ0v) is 12.8. The van der Waals surface area contributed by atoms with Gasteiger partial charge in [0, 0.05) is 5.69 Å². The van der Waals surface area contributed by atoms with Gasteiger partial charge in [-0.05, 0) is 47.1 Å². The first-order valence-corrected chi connectivity index (χ1v) is 6.95. The van der Waals surface area contributed by atoms with Gasteiger partial charge in [0.2, 0.25) is 0 Å². The van der Waals surface area contributed by atoms with Crippen molar-refractivity contribution in [3.05, 3.63) is 46.3 Å². The van der Waals surface area contributed by atoms with Crippen molar-refractivity contribution in [2.24, 2.45) is 0 Å². The minimum absolute atomic E-state index is 0.195. The lowest BCUT2D eigenvalue weighted by Crippen LogP contribution is -2.10. The number of rotatable bonds is 4. The van der Waals surface area contributed by atoms with Crippen LogP contribution in [0.4, 0.5) is 21.6 Å². The molecule has 2 aromatic rings. The molecule has 0 bridgehead atoms. The fraction of sp³-hybridized carbons (Fsp3) is 0.143. The standard InChI is InChI=1S/C14H13BrFN3O2/c1-2-21-14(20)10-5-8(17)7-18-13(10)19-9-3-4-11(15)12(16)6-9/h3-7H,2,17H2,1H3,(H,18,19). The minimum Gasteiger partial charge on any atom is -0.462 e. The molecular formula is C14H13BrFN3O2. The van der Waals surface area contributed by atoms with Gasteiger partial charge in [0.1, 0.15) is 17.2 Å². The number of esters is 1. The molecular weight excluding hydrogens is 341 g/mol. The molecule has 0 atom stereocenters. The van der Waals surface area contributed by atoms with Crippen molar-refractivity contribution < 1.29 is 13.9 Å². The third kappa shape index (κ3) is 3.69. The summed E-state index contributed by atoms with van der Waals surface area (Å²) < 4.78 is 18.8. The highest BCUT2D eigenvalue weighted by Gasteiger charge is 2.15. The fourth-order valence-electron chi connectivity index (χ4n) is 1.66. The van der Waals surface area contributed by atoms with E-state index in [2.05, 4.69) is 26.2 Å². The molecule has 110 valence electrons. The number of hydrogen-bond acceptors (Lipinski definition) is 5. The molecule has 0 fully saturated rings. The number of hydrogen-bond donors (Lipinski definition) is 2. The summed E-state index contributed by atoms with van der Waals surface area (Å²) in [6.45, 7) is 1.94. The number of halogens is 2. The molecule has 0 aliphatic heterocycles. The summed E-state index contributed by atoms with van der Waals surface area (Å²) in [4.78, 5) is 15.9. The summed E-state index contributed by atoms with van der Waals surface area (Å²) in [7, 11) is 0. The monoisotopic (exact) mass is 353 g/mol. The summed E-state index contributed by atoms with van der Waals surface area (Å²) in [6.07, 6.45) is 1.40. The number of pyridine rings is 1. The van der Waals surface area contributed by atoms with Crippen LogP contribution >= 0.6 is 15.9 Å². The molecule has 7 heteroatoms. The first-order valence-electron chi connectivity index (χ1n) is 6.16. The smallest absolute Gasteiger partial charge is 0.341 e. The molecule has 3 N–H and O–H groups in total. The SMILES string of the molecule is CCOC(=O)c1cc(N)cnc1Nc1ccc(Br)c(F)c1. The Balaban J connectivity index is 2.34. The number of anilines is 3. The Morgan fingerprint density at radius 3 is 2.90 bits per heavy atom. The van der Waals surface area contributed by atoms with Gasteiger partial charge in [0.25, 0.3) is 0 Å². The lowest BCUT2D eigenvalue weighted by Gasteiger charge is -2.11. The second-order valence-corrected chi connectivity index (χ2v) is 4.99. The van der Waals surface area contributed by atoms with Crippen molar-refractivity contribution in [1.29, 1.82) is 0 Å². The number of carbonyl (C=O) groups excluding carboxylic acids is 1. The van der Waals surface area contributed by atoms with Crippen molar-refractivity contribution in [2.75, 3.05) is 17.7 Å². The van der Waals surface area contributed by atoms with E-state index in [0.717, 1.165) is 0 Å². The van der Waals surface area contributed by atoms with Crippen LogP contribution in [0.3, 0.4) is 0 Å². The zero-order chi connectivity index (χ0) is 15.4. The molecule has 21 heavy (non-hydrogen) atoms. The first kappa shape index (κ1) is 15.2. The second kappa shape index (κ2) is 6.53. The predicted molar refractivity (Wildman–Crippen MR) is 82.0 cm³/mol. The zero-order valence-electron chi connectivity index (χ0n) is 11.2. The minimum atomic E-state index is -0.544. The molecule has 1 aromatic carbocycles. The quantitative estimate of drug-likeness (QED) is 0.822. The summed E-state index contributed by atoms with van der Waals surface area (Å²) in [6, 6.07) is 5.96. The van der Waals surface area contributed by atoms with Crippen LogP contribution in [-0.4, -0.2) is 17.6 Å². The Morgan fingerprint density at radius 2 is 2.24 bits per heavy atom. The summed E-state index contributed by atoms with van der Waals surface area (Å²) in [5.41, 5.74) is 6.62. The van der Waals surface area contributed by atoms with Crippen LogP contribution in [0.2, 0.25) is 0 Å². The normalized spacial score (nSPS) is 10.2. The van der Waals surface area contributed by atoms with Crippen LogP contribution in [0.5, 0.6) is 0 Å². The number of carbonyl (C=O) groups is 1. The van der Waals surface area contributed by atoms with Crippen LogP contribution in [0.1, 0.15) is 17.3 Å². The Labute approximate surface area is 129 Å². The van der Waals surface area contributed by atoms with Crippen LogP contribution < -0.4 is 11.1 Å². The highest BCUT2D eigenvalue weighted by molar-refractivity contribution is 9.10. The van der Waals surface area contributed by atoms with Crippen LogP contribution in [0, 0.1) is 5.82 Å². The maximum Gasteiger partial charge on any atom is 0.341 e. The average Bonchev–Trinajstić information content (AvgIpc) is 2.45. The van der Waals surface area contributed by atoms with Crippen LogP contribution in [0.25, 0.3) is 0 Å². The first-order chi connectivity index (χ1) is 10.0. The van der Waals surface area contributed by atoms with Crippen LogP contribution in [-0.2, 0) is 4.74 Å². The van der Waals surface area contributed by atoms with Gasteiger partial charge in [-0.3, -0.25) is 0 Å². The van der Waals surface area contributed by atoms with Gasteiger partial charge in [-0.15, -0.1) is 0 Å². The van der Waals surface area contributed by atoms with Gasteiger partial charge in [-0.2, -0.15) is 0 Å². The fourth-order valence-corrected chi connectivity index (χ4v) is 1.90. The number of nitrogens with one attached hydrogen (secondary N) is 1. The molecule has 1 aromatic heterocycles. The Hall–Kier alpha value is -2.15.